The molecule has 9 heteroatoms. The molecule has 0 N–H and O–H groups in total. The Labute approximate surface area is 162 Å². The second-order valence-electron chi connectivity index (χ2n) is 0. The van der Waals surface area contributed by atoms with Gasteiger partial charge in [0.25, 0.3) is 0 Å². The average molecular weight is 592 g/mol. The molecule has 0 heterocycles. The molecular formula is Cu2Ga2In2S3. The van der Waals surface area contributed by atoms with Gasteiger partial charge in [0, 0.05) is 85.8 Å². The van der Waals surface area contributed by atoms with Gasteiger partial charge in [-0.1, -0.05) is 0 Å². The van der Waals surface area contributed by atoms with Gasteiger partial charge in [-0.2, -0.15) is 0 Å². The fourth-order valence-corrected chi connectivity index (χ4v) is 0. The molecule has 0 atom stereocenters. The molecule has 8 radical (unpaired) electrons. The van der Waals surface area contributed by atoms with Crippen molar-refractivity contribution in [2.45, 2.75) is 0 Å². The average Bonchev–Trinajstić information content (AvgIpc) is 0. The van der Waals surface area contributed by atoms with Gasteiger partial charge in [0.05, 0.1) is 0 Å². The molecule has 0 nitrogen and oxygen atoms in total. The van der Waals surface area contributed by atoms with Gasteiger partial charge >= 0.3 is 39.6 Å². The molecule has 0 amide bonds. The summed E-state index contributed by atoms with van der Waals surface area (Å²) >= 11 is 0. The van der Waals surface area contributed by atoms with Gasteiger partial charge in [-0.15, -0.1) is 0 Å². The summed E-state index contributed by atoms with van der Waals surface area (Å²) in [6.45, 7) is 0. The van der Waals surface area contributed by atoms with Crippen molar-refractivity contribution in [3.05, 3.63) is 0 Å². The zero-order chi connectivity index (χ0) is 0. The van der Waals surface area contributed by atoms with E-state index in [1.54, 1.807) is 0 Å². The van der Waals surface area contributed by atoms with Crippen LogP contribution in [0.2, 0.25) is 0 Å². The van der Waals surface area contributed by atoms with Crippen LogP contribution in [0.4, 0.5) is 0 Å². The van der Waals surface area contributed by atoms with Crippen LogP contribution in [0, 0.1) is 0 Å². The summed E-state index contributed by atoms with van der Waals surface area (Å²) in [5.74, 6) is 0. The minimum atomic E-state index is 0. The standard InChI is InChI=1S/2Cu.2Ga.2In.3S/q;;2*+3;;;3*-2. The monoisotopic (exact) mass is 589 g/mol. The molecule has 9 heavy (non-hydrogen) atoms. The molecule has 0 fully saturated rings. The predicted octanol–water partition coefficient (Wildman–Crippen LogP) is -1.54. The van der Waals surface area contributed by atoms with E-state index in [1.165, 1.54) is 0 Å². The first-order valence-corrected chi connectivity index (χ1v) is 0. The number of hydrogen-bond donors (Lipinski definition) is 0. The largest absolute Gasteiger partial charge is 3.00 e. The molecule has 0 spiro atoms. The molecule has 0 saturated heterocycles. The van der Waals surface area contributed by atoms with Gasteiger partial charge < -0.3 is 40.5 Å². The Morgan fingerprint density at radius 1 is 0.444 bits per heavy atom. The van der Waals surface area contributed by atoms with Crippen molar-refractivity contribution in [3.8, 4) is 0 Å². The van der Waals surface area contributed by atoms with Crippen molar-refractivity contribution in [3.63, 3.8) is 0 Å². The van der Waals surface area contributed by atoms with Gasteiger partial charge in [-0.3, -0.25) is 0 Å². The van der Waals surface area contributed by atoms with E-state index in [0.717, 1.165) is 0 Å². The first-order chi connectivity index (χ1) is 0. The fourth-order valence-electron chi connectivity index (χ4n) is 0. The van der Waals surface area contributed by atoms with Crippen molar-refractivity contribution in [2.75, 3.05) is 0 Å². The third kappa shape index (κ3) is 62.0. The summed E-state index contributed by atoms with van der Waals surface area (Å²) in [6.07, 6.45) is 0. The van der Waals surface area contributed by atoms with Crippen molar-refractivity contribution in [1.82, 2.24) is 0 Å². The maximum Gasteiger partial charge on any atom is 3.00 e. The molecule has 0 rings (SSSR count). The molecule has 52 valence electrons. The second kappa shape index (κ2) is 73.7. The van der Waals surface area contributed by atoms with Crippen LogP contribution in [0.15, 0.2) is 0 Å². The van der Waals surface area contributed by atoms with Crippen molar-refractivity contribution in [2.24, 2.45) is 0 Å². The van der Waals surface area contributed by atoms with Crippen molar-refractivity contribution in [1.29, 1.82) is 0 Å². The number of hydrogen-bond acceptors (Lipinski definition) is 0. The minimum absolute atomic E-state index is 0. The van der Waals surface area contributed by atoms with Gasteiger partial charge in [0.1, 0.15) is 0 Å². The summed E-state index contributed by atoms with van der Waals surface area (Å²) in [6, 6.07) is 0. The Morgan fingerprint density at radius 3 is 0.444 bits per heavy atom. The predicted molar refractivity (Wildman–Crippen MR) is 45.1 cm³/mol. The topological polar surface area (TPSA) is 0 Å². The Morgan fingerprint density at radius 2 is 0.444 bits per heavy atom. The Bertz CT molecular complexity index is 17.8. The van der Waals surface area contributed by atoms with E-state index < -0.39 is 0 Å². The SMILES string of the molecule is [Cu].[Cu].[Ga+3].[Ga+3].[In].[In].[S-2].[S-2].[S-2]. The molecule has 0 unspecified atom stereocenters. The fraction of sp³-hybridized carbons (Fsp3) is 0. The van der Waals surface area contributed by atoms with E-state index in [1.807, 2.05) is 0 Å². The van der Waals surface area contributed by atoms with E-state index in [4.69, 9.17) is 0 Å². The summed E-state index contributed by atoms with van der Waals surface area (Å²) in [4.78, 5) is 0. The van der Waals surface area contributed by atoms with E-state index in [-0.39, 0.29) is 166 Å². The minimum Gasteiger partial charge on any atom is -2.00 e. The molecule has 0 saturated carbocycles. The molecule has 0 bridgehead atoms. The van der Waals surface area contributed by atoms with Crippen molar-refractivity contribution >= 4 is 132 Å². The summed E-state index contributed by atoms with van der Waals surface area (Å²) in [5.41, 5.74) is 0. The van der Waals surface area contributed by atoms with Crippen LogP contribution in [-0.2, 0) is 74.6 Å². The Balaban J connectivity index is 0. The van der Waals surface area contributed by atoms with E-state index in [0.29, 0.717) is 0 Å². The van der Waals surface area contributed by atoms with E-state index in [2.05, 4.69) is 0 Å². The van der Waals surface area contributed by atoms with Crippen LogP contribution < -0.4 is 0 Å². The van der Waals surface area contributed by atoms with E-state index in [9.17, 15) is 0 Å². The van der Waals surface area contributed by atoms with E-state index >= 15 is 0 Å². The van der Waals surface area contributed by atoms with Crippen molar-refractivity contribution < 1.29 is 34.1 Å². The molecule has 0 aromatic carbocycles. The quantitative estimate of drug-likeness (QED) is 0.300. The summed E-state index contributed by atoms with van der Waals surface area (Å²) < 4.78 is 0. The third-order valence-corrected chi connectivity index (χ3v) is 0. The maximum atomic E-state index is 0. The molecular weight excluding hydrogens is 592 g/mol. The van der Waals surface area contributed by atoms with Crippen LogP contribution in [0.3, 0.4) is 0 Å². The molecule has 0 aromatic rings. The van der Waals surface area contributed by atoms with Crippen LogP contribution in [0.5, 0.6) is 0 Å². The molecule has 0 aliphatic carbocycles. The number of rotatable bonds is 0. The molecule has 0 aliphatic heterocycles. The van der Waals surface area contributed by atoms with Gasteiger partial charge in [0.2, 0.25) is 0 Å². The molecule has 0 aliphatic rings. The third-order valence-electron chi connectivity index (χ3n) is 0. The Hall–Kier alpha value is 5.10. The Kier molecular flexibility index (Phi) is 762. The normalized spacial score (nSPS) is 0. The van der Waals surface area contributed by atoms with Gasteiger partial charge in [-0.25, -0.2) is 0 Å². The second-order valence-corrected chi connectivity index (χ2v) is 0. The summed E-state index contributed by atoms with van der Waals surface area (Å²) in [7, 11) is 0. The smallest absolute Gasteiger partial charge is 2.00 e. The zero-order valence-corrected chi connectivity index (χ0v) is 19.9. The van der Waals surface area contributed by atoms with Crippen LogP contribution in [0.1, 0.15) is 0 Å². The molecule has 0 aromatic heterocycles. The van der Waals surface area contributed by atoms with Crippen LogP contribution in [-0.4, -0.2) is 91.3 Å². The summed E-state index contributed by atoms with van der Waals surface area (Å²) in [5, 5.41) is 0. The van der Waals surface area contributed by atoms with Gasteiger partial charge in [-0.05, 0) is 0 Å². The zero-order valence-electron chi connectivity index (χ0n) is 4.14. The first kappa shape index (κ1) is 93.0. The first-order valence-electron chi connectivity index (χ1n) is 0. The van der Waals surface area contributed by atoms with Crippen LogP contribution >= 0.6 is 0 Å². The maximum absolute atomic E-state index is 0. The van der Waals surface area contributed by atoms with Gasteiger partial charge in [0.15, 0.2) is 0 Å². The van der Waals surface area contributed by atoms with Crippen LogP contribution in [0.25, 0.3) is 0 Å².